The number of hydroxylamine groups is 1. The fraction of sp³-hybridized carbons (Fsp3) is 0.333. The Morgan fingerprint density at radius 1 is 0.833 bits per heavy atom. The minimum absolute atomic E-state index is 0.00923. The molecule has 2 saturated heterocycles. The van der Waals surface area contributed by atoms with Gasteiger partial charge in [0.2, 0.25) is 5.91 Å². The first-order valence-electron chi connectivity index (χ1n) is 12.5. The highest BCUT2D eigenvalue weighted by Gasteiger charge is 2.60. The molecule has 0 spiro atoms. The summed E-state index contributed by atoms with van der Waals surface area (Å²) < 4.78 is 5.65. The van der Waals surface area contributed by atoms with E-state index in [1.54, 1.807) is 29.3 Å². The van der Waals surface area contributed by atoms with Crippen LogP contribution in [0.3, 0.4) is 0 Å². The number of nitrogens with zero attached hydrogens (tertiary/aromatic N) is 2. The Labute approximate surface area is 212 Å². The zero-order chi connectivity index (χ0) is 25.4. The van der Waals surface area contributed by atoms with Crippen LogP contribution in [0.2, 0.25) is 0 Å². The Hall–Kier alpha value is -3.64. The second-order valence-corrected chi connectivity index (χ2v) is 10.4. The summed E-state index contributed by atoms with van der Waals surface area (Å²) in [5.74, 6) is -0.546. The van der Waals surface area contributed by atoms with Crippen molar-refractivity contribution in [2.45, 2.75) is 51.7 Å². The van der Waals surface area contributed by atoms with Gasteiger partial charge in [0.15, 0.2) is 6.10 Å². The van der Waals surface area contributed by atoms with E-state index >= 15 is 0 Å². The first-order chi connectivity index (χ1) is 17.3. The summed E-state index contributed by atoms with van der Waals surface area (Å²) in [7, 11) is 0. The molecule has 0 aromatic heterocycles. The van der Waals surface area contributed by atoms with Crippen LogP contribution >= 0.6 is 0 Å². The third-order valence-electron chi connectivity index (χ3n) is 6.81. The number of rotatable bonds is 6. The van der Waals surface area contributed by atoms with E-state index in [-0.39, 0.29) is 17.2 Å². The maximum atomic E-state index is 13.8. The molecule has 0 aliphatic carbocycles. The van der Waals surface area contributed by atoms with Crippen molar-refractivity contribution in [3.8, 4) is 5.75 Å². The zero-order valence-corrected chi connectivity index (χ0v) is 21.2. The molecule has 0 bridgehead atoms. The van der Waals surface area contributed by atoms with E-state index in [1.807, 2.05) is 49.4 Å². The van der Waals surface area contributed by atoms with Gasteiger partial charge in [-0.05, 0) is 59.4 Å². The fourth-order valence-electron chi connectivity index (χ4n) is 4.90. The third kappa shape index (κ3) is 4.26. The Morgan fingerprint density at radius 3 is 2.11 bits per heavy atom. The number of ether oxygens (including phenoxy) is 1. The molecule has 186 valence electrons. The molecule has 3 atom stereocenters. The van der Waals surface area contributed by atoms with E-state index in [0.717, 1.165) is 17.7 Å². The predicted molar refractivity (Wildman–Crippen MR) is 140 cm³/mol. The monoisotopic (exact) mass is 484 g/mol. The van der Waals surface area contributed by atoms with Crippen molar-refractivity contribution in [1.29, 1.82) is 0 Å². The van der Waals surface area contributed by atoms with Crippen LogP contribution in [0.5, 0.6) is 5.75 Å². The molecule has 2 aliphatic heterocycles. The summed E-state index contributed by atoms with van der Waals surface area (Å²) in [5, 5.41) is 1.73. The molecule has 5 rings (SSSR count). The van der Waals surface area contributed by atoms with Gasteiger partial charge >= 0.3 is 0 Å². The number of para-hydroxylation sites is 1. The summed E-state index contributed by atoms with van der Waals surface area (Å²) >= 11 is 0. The minimum atomic E-state index is -0.888. The smallest absolute Gasteiger partial charge is 0.266 e. The first kappa shape index (κ1) is 24.1. The average molecular weight is 485 g/mol. The standard InChI is InChI=1S/C30H32N2O4/c1-5-19-35-24-17-15-22(16-18-24)31-28(33)25-26(20-11-13-21(14-12-20)30(2,3)4)32(36-27(25)29(31)34)23-9-7-6-8-10-23/h6-18,25-27H,5,19H2,1-4H3. The van der Waals surface area contributed by atoms with Gasteiger partial charge < -0.3 is 4.74 Å². The number of amides is 2. The van der Waals surface area contributed by atoms with Crippen molar-refractivity contribution in [3.05, 3.63) is 90.0 Å². The van der Waals surface area contributed by atoms with Gasteiger partial charge in [-0.2, -0.15) is 0 Å². The molecule has 6 nitrogen and oxygen atoms in total. The number of carbonyl (C=O) groups is 2. The topological polar surface area (TPSA) is 59.1 Å². The SMILES string of the molecule is CCCOc1ccc(N2C(=O)C3ON(c4ccccc4)C(c4ccc(C(C)(C)C)cc4)C3C2=O)cc1. The molecular weight excluding hydrogens is 452 g/mol. The third-order valence-corrected chi connectivity index (χ3v) is 6.81. The van der Waals surface area contributed by atoms with Crippen molar-refractivity contribution in [2.75, 3.05) is 16.6 Å². The lowest BCUT2D eigenvalue weighted by atomic mass is 9.84. The maximum absolute atomic E-state index is 13.8. The van der Waals surface area contributed by atoms with Gasteiger partial charge in [0.25, 0.3) is 5.91 Å². The minimum Gasteiger partial charge on any atom is -0.494 e. The summed E-state index contributed by atoms with van der Waals surface area (Å²) in [6, 6.07) is 24.6. The lowest BCUT2D eigenvalue weighted by molar-refractivity contribution is -0.126. The average Bonchev–Trinajstić information content (AvgIpc) is 3.39. The zero-order valence-electron chi connectivity index (χ0n) is 21.2. The highest BCUT2D eigenvalue weighted by atomic mass is 16.7. The number of hydrogen-bond acceptors (Lipinski definition) is 5. The van der Waals surface area contributed by atoms with Crippen LogP contribution in [0.25, 0.3) is 0 Å². The molecule has 2 amide bonds. The normalized spacial score (nSPS) is 21.7. The predicted octanol–water partition coefficient (Wildman–Crippen LogP) is 5.82. The Kier molecular flexibility index (Phi) is 6.31. The molecule has 2 aliphatic rings. The summed E-state index contributed by atoms with van der Waals surface area (Å²) in [4.78, 5) is 34.8. The van der Waals surface area contributed by atoms with Gasteiger partial charge in [-0.1, -0.05) is 70.2 Å². The van der Waals surface area contributed by atoms with Crippen LogP contribution in [0.1, 0.15) is 51.3 Å². The number of hydrogen-bond donors (Lipinski definition) is 0. The highest BCUT2D eigenvalue weighted by molar-refractivity contribution is 6.23. The molecule has 3 aromatic rings. The summed E-state index contributed by atoms with van der Waals surface area (Å²) in [6.07, 6.45) is 0.0164. The van der Waals surface area contributed by atoms with E-state index in [2.05, 4.69) is 32.9 Å². The van der Waals surface area contributed by atoms with Gasteiger partial charge in [0.05, 0.1) is 24.0 Å². The van der Waals surface area contributed by atoms with Gasteiger partial charge in [0.1, 0.15) is 11.7 Å². The number of carbonyl (C=O) groups excluding carboxylic acids is 2. The van der Waals surface area contributed by atoms with E-state index < -0.39 is 18.1 Å². The van der Waals surface area contributed by atoms with Crippen molar-refractivity contribution >= 4 is 23.2 Å². The van der Waals surface area contributed by atoms with Gasteiger partial charge in [-0.3, -0.25) is 14.4 Å². The summed E-state index contributed by atoms with van der Waals surface area (Å²) in [5.41, 5.74) is 3.48. The van der Waals surface area contributed by atoms with Crippen molar-refractivity contribution in [1.82, 2.24) is 0 Å². The number of fused-ring (bicyclic) bond motifs is 1. The molecule has 3 unspecified atom stereocenters. The Morgan fingerprint density at radius 2 is 1.50 bits per heavy atom. The largest absolute Gasteiger partial charge is 0.494 e. The second-order valence-electron chi connectivity index (χ2n) is 10.4. The number of imide groups is 1. The molecule has 2 heterocycles. The Balaban J connectivity index is 1.50. The van der Waals surface area contributed by atoms with Crippen LogP contribution in [-0.4, -0.2) is 24.5 Å². The Bertz CT molecular complexity index is 1230. The van der Waals surface area contributed by atoms with E-state index in [4.69, 9.17) is 9.57 Å². The molecule has 0 radical (unpaired) electrons. The molecule has 3 aromatic carbocycles. The lowest BCUT2D eigenvalue weighted by Gasteiger charge is -2.29. The van der Waals surface area contributed by atoms with Crippen molar-refractivity contribution < 1.29 is 19.2 Å². The van der Waals surface area contributed by atoms with Crippen LogP contribution in [0.4, 0.5) is 11.4 Å². The second kappa shape index (κ2) is 9.43. The molecule has 2 fully saturated rings. The van der Waals surface area contributed by atoms with Crippen molar-refractivity contribution in [3.63, 3.8) is 0 Å². The molecule has 36 heavy (non-hydrogen) atoms. The van der Waals surface area contributed by atoms with Crippen LogP contribution < -0.4 is 14.7 Å². The fourth-order valence-corrected chi connectivity index (χ4v) is 4.90. The van der Waals surface area contributed by atoms with E-state index in [9.17, 15) is 9.59 Å². The van der Waals surface area contributed by atoms with Crippen LogP contribution in [0.15, 0.2) is 78.9 Å². The number of anilines is 2. The van der Waals surface area contributed by atoms with Gasteiger partial charge in [-0.25, -0.2) is 9.96 Å². The lowest BCUT2D eigenvalue weighted by Crippen LogP contribution is -2.37. The van der Waals surface area contributed by atoms with Crippen molar-refractivity contribution in [2.24, 2.45) is 5.92 Å². The maximum Gasteiger partial charge on any atom is 0.266 e. The van der Waals surface area contributed by atoms with E-state index in [0.29, 0.717) is 18.0 Å². The quantitative estimate of drug-likeness (QED) is 0.413. The molecule has 0 saturated carbocycles. The van der Waals surface area contributed by atoms with E-state index in [1.165, 1.54) is 10.5 Å². The van der Waals surface area contributed by atoms with Crippen LogP contribution in [-0.2, 0) is 19.8 Å². The number of benzene rings is 3. The summed E-state index contributed by atoms with van der Waals surface area (Å²) in [6.45, 7) is 9.16. The van der Waals surface area contributed by atoms with Gasteiger partial charge in [0, 0.05) is 0 Å². The highest BCUT2D eigenvalue weighted by Crippen LogP contribution is 2.47. The molecular formula is C30H32N2O4. The van der Waals surface area contributed by atoms with Crippen LogP contribution in [0, 0.1) is 5.92 Å². The first-order valence-corrected chi connectivity index (χ1v) is 12.5. The molecule has 6 heteroatoms. The van der Waals surface area contributed by atoms with Gasteiger partial charge in [-0.15, -0.1) is 0 Å². The molecule has 0 N–H and O–H groups in total.